The highest BCUT2D eigenvalue weighted by Gasteiger charge is 2.31. The summed E-state index contributed by atoms with van der Waals surface area (Å²) in [7, 11) is 0. The van der Waals surface area contributed by atoms with Gasteiger partial charge in [-0.1, -0.05) is 6.07 Å². The van der Waals surface area contributed by atoms with Crippen LogP contribution in [0.2, 0.25) is 0 Å². The number of rotatable bonds is 5. The molecular weight excluding hydrogens is 329 g/mol. The van der Waals surface area contributed by atoms with Crippen LogP contribution in [-0.4, -0.2) is 16.6 Å². The van der Waals surface area contributed by atoms with E-state index >= 15 is 0 Å². The van der Waals surface area contributed by atoms with E-state index in [4.69, 9.17) is 4.74 Å². The molecule has 0 saturated carbocycles. The molecule has 128 valence electrons. The van der Waals surface area contributed by atoms with Crippen LogP contribution in [0.1, 0.15) is 11.1 Å². The van der Waals surface area contributed by atoms with Crippen molar-refractivity contribution in [3.05, 3.63) is 72.2 Å². The third kappa shape index (κ3) is 3.63. The Hall–Kier alpha value is -2.89. The van der Waals surface area contributed by atoms with Gasteiger partial charge >= 0.3 is 5.92 Å². The average molecular weight is 344 g/mol. The van der Waals surface area contributed by atoms with Gasteiger partial charge in [-0.15, -0.1) is 0 Å². The number of hydrogen-bond acceptors (Lipinski definition) is 3. The van der Waals surface area contributed by atoms with E-state index in [1.165, 1.54) is 12.1 Å². The SMILES string of the molecule is Cc1ccnc(Oc2ccc(C(F)(F)CF)cc2)c1-c1cccnc1. The van der Waals surface area contributed by atoms with Crippen molar-refractivity contribution in [2.45, 2.75) is 12.8 Å². The van der Waals surface area contributed by atoms with Crippen LogP contribution in [0.25, 0.3) is 11.1 Å². The van der Waals surface area contributed by atoms with Gasteiger partial charge in [-0.25, -0.2) is 9.37 Å². The Morgan fingerprint density at radius 3 is 2.44 bits per heavy atom. The normalized spacial score (nSPS) is 11.4. The molecule has 3 nitrogen and oxygen atoms in total. The van der Waals surface area contributed by atoms with E-state index in [2.05, 4.69) is 9.97 Å². The van der Waals surface area contributed by atoms with Gasteiger partial charge in [0.05, 0.1) is 0 Å². The van der Waals surface area contributed by atoms with E-state index in [0.717, 1.165) is 28.8 Å². The third-order valence-electron chi connectivity index (χ3n) is 3.73. The van der Waals surface area contributed by atoms with E-state index in [0.29, 0.717) is 11.6 Å². The van der Waals surface area contributed by atoms with Crippen molar-refractivity contribution in [1.82, 2.24) is 9.97 Å². The molecule has 0 bridgehead atoms. The summed E-state index contributed by atoms with van der Waals surface area (Å²) in [5.41, 5.74) is 2.16. The van der Waals surface area contributed by atoms with Crippen molar-refractivity contribution >= 4 is 0 Å². The second kappa shape index (κ2) is 6.93. The fourth-order valence-electron chi connectivity index (χ4n) is 2.43. The van der Waals surface area contributed by atoms with Crippen LogP contribution in [0.15, 0.2) is 61.1 Å². The molecule has 0 spiro atoms. The fourth-order valence-corrected chi connectivity index (χ4v) is 2.43. The molecule has 0 fully saturated rings. The lowest BCUT2D eigenvalue weighted by atomic mass is 10.0. The van der Waals surface area contributed by atoms with Crippen molar-refractivity contribution in [3.8, 4) is 22.8 Å². The predicted octanol–water partition coefficient (Wildman–Crippen LogP) is 5.31. The summed E-state index contributed by atoms with van der Waals surface area (Å²) in [6, 6.07) is 10.6. The first-order valence-electron chi connectivity index (χ1n) is 7.59. The number of hydrogen-bond donors (Lipinski definition) is 0. The van der Waals surface area contributed by atoms with Gasteiger partial charge in [0.25, 0.3) is 0 Å². The minimum Gasteiger partial charge on any atom is -0.438 e. The minimum atomic E-state index is -3.50. The molecule has 1 aromatic carbocycles. The molecule has 2 aromatic heterocycles. The van der Waals surface area contributed by atoms with Crippen LogP contribution >= 0.6 is 0 Å². The van der Waals surface area contributed by atoms with Crippen LogP contribution in [0, 0.1) is 6.92 Å². The van der Waals surface area contributed by atoms with Crippen molar-refractivity contribution in [1.29, 1.82) is 0 Å². The van der Waals surface area contributed by atoms with Crippen molar-refractivity contribution in [2.24, 2.45) is 0 Å². The Morgan fingerprint density at radius 2 is 1.80 bits per heavy atom. The van der Waals surface area contributed by atoms with E-state index < -0.39 is 18.2 Å². The summed E-state index contributed by atoms with van der Waals surface area (Å²) in [6.07, 6.45) is 4.97. The number of aryl methyl sites for hydroxylation is 1. The quantitative estimate of drug-likeness (QED) is 0.629. The molecule has 0 radical (unpaired) electrons. The van der Waals surface area contributed by atoms with Crippen LogP contribution in [0.3, 0.4) is 0 Å². The smallest absolute Gasteiger partial charge is 0.301 e. The standard InChI is InChI=1S/C19H15F3N2O/c1-13-8-10-24-18(17(13)14-3-2-9-23-11-14)25-16-6-4-15(5-7-16)19(21,22)12-20/h2-11H,12H2,1H3. The second-order valence-corrected chi connectivity index (χ2v) is 5.51. The highest BCUT2D eigenvalue weighted by atomic mass is 19.3. The summed E-state index contributed by atoms with van der Waals surface area (Å²) >= 11 is 0. The Labute approximate surface area is 143 Å². The zero-order valence-electron chi connectivity index (χ0n) is 13.4. The maximum Gasteiger partial charge on any atom is 0.301 e. The number of aromatic nitrogens is 2. The number of ether oxygens (including phenoxy) is 1. The second-order valence-electron chi connectivity index (χ2n) is 5.51. The fraction of sp³-hybridized carbons (Fsp3) is 0.158. The van der Waals surface area contributed by atoms with E-state index in [1.807, 2.05) is 19.1 Å². The highest BCUT2D eigenvalue weighted by Crippen LogP contribution is 2.35. The van der Waals surface area contributed by atoms with Gasteiger partial charge in [0.2, 0.25) is 5.88 Å². The van der Waals surface area contributed by atoms with Gasteiger partial charge in [0.1, 0.15) is 5.75 Å². The molecule has 2 heterocycles. The van der Waals surface area contributed by atoms with Gasteiger partial charge in [-0.05, 0) is 48.9 Å². The van der Waals surface area contributed by atoms with Gasteiger partial charge in [0, 0.05) is 35.3 Å². The molecular formula is C19H15F3N2O. The van der Waals surface area contributed by atoms with Crippen molar-refractivity contribution in [3.63, 3.8) is 0 Å². The Morgan fingerprint density at radius 1 is 1.04 bits per heavy atom. The summed E-state index contributed by atoms with van der Waals surface area (Å²) in [5, 5.41) is 0. The Balaban J connectivity index is 1.93. The lowest BCUT2D eigenvalue weighted by Gasteiger charge is -2.14. The molecule has 0 unspecified atom stereocenters. The van der Waals surface area contributed by atoms with Gasteiger partial charge in [0.15, 0.2) is 6.67 Å². The average Bonchev–Trinajstić information content (AvgIpc) is 2.63. The lowest BCUT2D eigenvalue weighted by Crippen LogP contribution is -2.15. The maximum absolute atomic E-state index is 13.3. The van der Waals surface area contributed by atoms with Crippen LogP contribution in [0.4, 0.5) is 13.2 Å². The molecule has 3 rings (SSSR count). The number of nitrogens with zero attached hydrogens (tertiary/aromatic N) is 2. The summed E-state index contributed by atoms with van der Waals surface area (Å²) in [6.45, 7) is 0.180. The molecule has 3 aromatic rings. The van der Waals surface area contributed by atoms with Crippen molar-refractivity contribution < 1.29 is 17.9 Å². The number of benzene rings is 1. The zero-order chi connectivity index (χ0) is 17.9. The number of pyridine rings is 2. The van der Waals surface area contributed by atoms with Gasteiger partial charge in [-0.3, -0.25) is 4.98 Å². The van der Waals surface area contributed by atoms with E-state index in [9.17, 15) is 13.2 Å². The van der Waals surface area contributed by atoms with Crippen molar-refractivity contribution in [2.75, 3.05) is 6.67 Å². The predicted molar refractivity (Wildman–Crippen MR) is 88.6 cm³/mol. The Kier molecular flexibility index (Phi) is 4.70. The molecule has 25 heavy (non-hydrogen) atoms. The highest BCUT2D eigenvalue weighted by molar-refractivity contribution is 5.71. The van der Waals surface area contributed by atoms with Gasteiger partial charge in [-0.2, -0.15) is 8.78 Å². The minimum absolute atomic E-state index is 0.335. The molecule has 0 atom stereocenters. The molecule has 6 heteroatoms. The number of alkyl halides is 3. The number of halogens is 3. The molecule has 0 saturated heterocycles. The monoisotopic (exact) mass is 344 g/mol. The first kappa shape index (κ1) is 17.0. The molecule has 0 N–H and O–H groups in total. The Bertz CT molecular complexity index is 852. The van der Waals surface area contributed by atoms with Gasteiger partial charge < -0.3 is 4.74 Å². The molecule has 0 aliphatic rings. The lowest BCUT2D eigenvalue weighted by molar-refractivity contribution is -0.0281. The first-order valence-corrected chi connectivity index (χ1v) is 7.59. The largest absolute Gasteiger partial charge is 0.438 e. The molecule has 0 aliphatic heterocycles. The van der Waals surface area contributed by atoms with Crippen LogP contribution in [0.5, 0.6) is 11.6 Å². The maximum atomic E-state index is 13.3. The van der Waals surface area contributed by atoms with Crippen LogP contribution in [-0.2, 0) is 5.92 Å². The summed E-state index contributed by atoms with van der Waals surface area (Å²) in [5.74, 6) is -2.82. The summed E-state index contributed by atoms with van der Waals surface area (Å²) in [4.78, 5) is 8.34. The summed E-state index contributed by atoms with van der Waals surface area (Å²) < 4.78 is 44.9. The topological polar surface area (TPSA) is 35.0 Å². The first-order chi connectivity index (χ1) is 12.0. The third-order valence-corrected chi connectivity index (χ3v) is 3.73. The van der Waals surface area contributed by atoms with Crippen LogP contribution < -0.4 is 4.74 Å². The van der Waals surface area contributed by atoms with E-state index in [1.54, 1.807) is 24.7 Å². The molecule has 0 amide bonds. The molecule has 0 aliphatic carbocycles. The van der Waals surface area contributed by atoms with E-state index in [-0.39, 0.29) is 0 Å². The zero-order valence-corrected chi connectivity index (χ0v) is 13.4.